The Morgan fingerprint density at radius 1 is 1.36 bits per heavy atom. The topological polar surface area (TPSA) is 66.0 Å². The van der Waals surface area contributed by atoms with E-state index < -0.39 is 0 Å². The van der Waals surface area contributed by atoms with Crippen LogP contribution in [0.25, 0.3) is 0 Å². The first-order valence-corrected chi connectivity index (χ1v) is 5.15. The Morgan fingerprint density at radius 2 is 2.21 bits per heavy atom. The van der Waals surface area contributed by atoms with E-state index in [1.807, 2.05) is 4.68 Å². The molecule has 3 unspecified atom stereocenters. The van der Waals surface area contributed by atoms with Crippen molar-refractivity contribution in [1.29, 1.82) is 0 Å². The summed E-state index contributed by atoms with van der Waals surface area (Å²) < 4.78 is 7.71. The summed E-state index contributed by atoms with van der Waals surface area (Å²) in [6.45, 7) is 0. The monoisotopic (exact) mass is 194 g/mol. The third-order valence-corrected chi connectivity index (χ3v) is 3.22. The fourth-order valence-electron chi connectivity index (χ4n) is 2.52. The molecule has 14 heavy (non-hydrogen) atoms. The van der Waals surface area contributed by atoms with E-state index in [2.05, 4.69) is 10.1 Å². The number of rotatable bonds is 1. The van der Waals surface area contributed by atoms with Crippen molar-refractivity contribution in [2.24, 2.45) is 0 Å². The van der Waals surface area contributed by atoms with Crippen molar-refractivity contribution in [3.05, 3.63) is 6.33 Å². The van der Waals surface area contributed by atoms with Gasteiger partial charge < -0.3 is 10.5 Å². The van der Waals surface area contributed by atoms with Crippen LogP contribution >= 0.6 is 0 Å². The van der Waals surface area contributed by atoms with Crippen LogP contribution in [0.3, 0.4) is 0 Å². The number of anilines is 1. The average Bonchev–Trinajstić information content (AvgIpc) is 2.75. The van der Waals surface area contributed by atoms with Crippen LogP contribution in [0.1, 0.15) is 31.7 Å². The minimum Gasteiger partial charge on any atom is -0.373 e. The Bertz CT molecular complexity index is 337. The highest BCUT2D eigenvalue weighted by Gasteiger charge is 2.38. The maximum atomic E-state index is 5.84. The van der Waals surface area contributed by atoms with Crippen molar-refractivity contribution in [2.45, 2.75) is 43.9 Å². The molecular weight excluding hydrogens is 180 g/mol. The largest absolute Gasteiger partial charge is 0.373 e. The van der Waals surface area contributed by atoms with Crippen LogP contribution in [0.5, 0.6) is 0 Å². The lowest BCUT2D eigenvalue weighted by Crippen LogP contribution is -2.30. The Hall–Kier alpha value is -1.10. The summed E-state index contributed by atoms with van der Waals surface area (Å²) >= 11 is 0. The molecule has 2 aliphatic heterocycles. The third kappa shape index (κ3) is 1.19. The SMILES string of the molecule is Nc1ncn(C2CCC3CCC2O3)n1. The molecule has 0 aliphatic carbocycles. The summed E-state index contributed by atoms with van der Waals surface area (Å²) in [4.78, 5) is 3.95. The number of nitrogen functional groups attached to an aromatic ring is 1. The first kappa shape index (κ1) is 8.23. The summed E-state index contributed by atoms with van der Waals surface area (Å²) in [6.07, 6.45) is 7.16. The van der Waals surface area contributed by atoms with Crippen LogP contribution in [0.2, 0.25) is 0 Å². The molecule has 2 N–H and O–H groups in total. The minimum absolute atomic E-state index is 0.329. The fraction of sp³-hybridized carbons (Fsp3) is 0.778. The van der Waals surface area contributed by atoms with E-state index >= 15 is 0 Å². The van der Waals surface area contributed by atoms with Gasteiger partial charge in [-0.05, 0) is 25.7 Å². The van der Waals surface area contributed by atoms with Crippen LogP contribution in [0.15, 0.2) is 6.33 Å². The molecule has 1 aromatic rings. The van der Waals surface area contributed by atoms with Gasteiger partial charge in [0.1, 0.15) is 6.33 Å². The zero-order valence-corrected chi connectivity index (χ0v) is 7.97. The molecule has 5 heteroatoms. The van der Waals surface area contributed by atoms with Gasteiger partial charge in [-0.1, -0.05) is 0 Å². The van der Waals surface area contributed by atoms with Crippen molar-refractivity contribution in [1.82, 2.24) is 14.8 Å². The Balaban J connectivity index is 1.84. The van der Waals surface area contributed by atoms with Crippen molar-refractivity contribution in [3.63, 3.8) is 0 Å². The minimum atomic E-state index is 0.329. The molecule has 2 bridgehead atoms. The normalized spacial score (nSPS) is 36.1. The number of hydrogen-bond donors (Lipinski definition) is 1. The zero-order chi connectivity index (χ0) is 9.54. The molecule has 0 spiro atoms. The Morgan fingerprint density at radius 3 is 3.00 bits per heavy atom. The average molecular weight is 194 g/mol. The van der Waals surface area contributed by atoms with Crippen LogP contribution in [-0.2, 0) is 4.74 Å². The van der Waals surface area contributed by atoms with Gasteiger partial charge in [0, 0.05) is 0 Å². The van der Waals surface area contributed by atoms with E-state index in [0.29, 0.717) is 24.2 Å². The molecular formula is C9H14N4O. The van der Waals surface area contributed by atoms with E-state index in [-0.39, 0.29) is 0 Å². The van der Waals surface area contributed by atoms with E-state index in [4.69, 9.17) is 10.5 Å². The Labute approximate surface area is 82.3 Å². The first-order valence-electron chi connectivity index (χ1n) is 5.15. The molecule has 5 nitrogen and oxygen atoms in total. The highest BCUT2D eigenvalue weighted by molar-refractivity contribution is 5.10. The molecule has 0 aromatic carbocycles. The molecule has 2 saturated heterocycles. The first-order chi connectivity index (χ1) is 6.83. The predicted molar refractivity (Wildman–Crippen MR) is 50.6 cm³/mol. The lowest BCUT2D eigenvalue weighted by molar-refractivity contribution is -0.0300. The van der Waals surface area contributed by atoms with Crippen LogP contribution in [0, 0.1) is 0 Å². The Kier molecular flexibility index (Phi) is 1.73. The molecule has 0 saturated carbocycles. The molecule has 2 fully saturated rings. The highest BCUT2D eigenvalue weighted by atomic mass is 16.5. The molecule has 3 rings (SSSR count). The number of nitrogens with two attached hydrogens (primary N) is 1. The van der Waals surface area contributed by atoms with Crippen LogP contribution in [-0.4, -0.2) is 27.0 Å². The lowest BCUT2D eigenvalue weighted by Gasteiger charge is -2.28. The molecule has 3 atom stereocenters. The summed E-state index contributed by atoms with van der Waals surface area (Å²) in [5.41, 5.74) is 5.50. The number of ether oxygens (including phenoxy) is 1. The van der Waals surface area contributed by atoms with Gasteiger partial charge in [0.2, 0.25) is 5.95 Å². The van der Waals surface area contributed by atoms with E-state index in [0.717, 1.165) is 19.3 Å². The summed E-state index contributed by atoms with van der Waals surface area (Å²) in [7, 11) is 0. The third-order valence-electron chi connectivity index (χ3n) is 3.22. The molecule has 0 radical (unpaired) electrons. The number of hydrogen-bond acceptors (Lipinski definition) is 4. The quantitative estimate of drug-likeness (QED) is 0.716. The summed E-state index contributed by atoms with van der Waals surface area (Å²) in [5.74, 6) is 0.352. The molecule has 1 aromatic heterocycles. The van der Waals surface area contributed by atoms with E-state index in [9.17, 15) is 0 Å². The smallest absolute Gasteiger partial charge is 0.239 e. The van der Waals surface area contributed by atoms with Crippen LogP contribution < -0.4 is 5.73 Å². The number of fused-ring (bicyclic) bond motifs is 2. The van der Waals surface area contributed by atoms with Crippen molar-refractivity contribution < 1.29 is 4.74 Å². The van der Waals surface area contributed by atoms with Crippen molar-refractivity contribution in [2.75, 3.05) is 5.73 Å². The predicted octanol–water partition coefficient (Wildman–Crippen LogP) is 0.743. The van der Waals surface area contributed by atoms with Crippen molar-refractivity contribution >= 4 is 5.95 Å². The van der Waals surface area contributed by atoms with E-state index in [1.54, 1.807) is 6.33 Å². The number of aromatic nitrogens is 3. The van der Waals surface area contributed by atoms with Gasteiger partial charge in [-0.2, -0.15) is 0 Å². The van der Waals surface area contributed by atoms with Gasteiger partial charge in [-0.15, -0.1) is 5.10 Å². The van der Waals surface area contributed by atoms with Gasteiger partial charge in [-0.3, -0.25) is 0 Å². The molecule has 2 aliphatic rings. The second-order valence-electron chi connectivity index (χ2n) is 4.10. The molecule has 76 valence electrons. The number of nitrogens with zero attached hydrogens (tertiary/aromatic N) is 3. The van der Waals surface area contributed by atoms with Crippen molar-refractivity contribution in [3.8, 4) is 0 Å². The fourth-order valence-corrected chi connectivity index (χ4v) is 2.52. The standard InChI is InChI=1S/C9H14N4O/c10-9-11-5-13(12-9)7-3-1-6-2-4-8(7)14-6/h5-8H,1-4H2,(H2,10,12). The van der Waals surface area contributed by atoms with E-state index in [1.165, 1.54) is 6.42 Å². The highest BCUT2D eigenvalue weighted by Crippen LogP contribution is 2.38. The summed E-state index contributed by atoms with van der Waals surface area (Å²) in [5, 5.41) is 4.15. The maximum absolute atomic E-state index is 5.84. The second kappa shape index (κ2) is 2.95. The summed E-state index contributed by atoms with van der Waals surface area (Å²) in [6, 6.07) is 0.346. The van der Waals surface area contributed by atoms with Gasteiger partial charge in [0.05, 0.1) is 18.2 Å². The molecule has 0 amide bonds. The maximum Gasteiger partial charge on any atom is 0.239 e. The molecule has 3 heterocycles. The van der Waals surface area contributed by atoms with Gasteiger partial charge in [-0.25, -0.2) is 9.67 Å². The zero-order valence-electron chi connectivity index (χ0n) is 7.97. The van der Waals surface area contributed by atoms with Gasteiger partial charge in [0.25, 0.3) is 0 Å². The van der Waals surface area contributed by atoms with Crippen LogP contribution in [0.4, 0.5) is 5.95 Å². The van der Waals surface area contributed by atoms with Gasteiger partial charge in [0.15, 0.2) is 0 Å². The second-order valence-corrected chi connectivity index (χ2v) is 4.10. The lowest BCUT2D eigenvalue weighted by atomic mass is 10.0. The van der Waals surface area contributed by atoms with Gasteiger partial charge >= 0.3 is 0 Å².